The Labute approximate surface area is 140 Å². The van der Waals surface area contributed by atoms with Gasteiger partial charge in [-0.05, 0) is 48.3 Å². The molecule has 2 aromatic rings. The summed E-state index contributed by atoms with van der Waals surface area (Å²) in [7, 11) is 0. The van der Waals surface area contributed by atoms with Crippen molar-refractivity contribution in [3.05, 3.63) is 47.5 Å². The number of Topliss-reactive ketones (excluding diaryl/α,β-unsaturated/α-hetero) is 1. The zero-order valence-electron chi connectivity index (χ0n) is 13.2. The number of nitrogens with zero attached hydrogens (tertiary/aromatic N) is 3. The van der Waals surface area contributed by atoms with Crippen molar-refractivity contribution >= 4 is 17.4 Å². The Kier molecular flexibility index (Phi) is 3.34. The minimum atomic E-state index is -0.291. The van der Waals surface area contributed by atoms with Gasteiger partial charge >= 0.3 is 0 Å². The molecule has 4 rings (SSSR count). The monoisotopic (exact) mass is 329 g/mol. The lowest BCUT2D eigenvalue weighted by Gasteiger charge is -2.54. The lowest BCUT2D eigenvalue weighted by molar-refractivity contribution is -0.162. The van der Waals surface area contributed by atoms with Crippen molar-refractivity contribution in [3.63, 3.8) is 0 Å². The van der Waals surface area contributed by atoms with Gasteiger partial charge in [0.1, 0.15) is 18.4 Å². The molecule has 1 aromatic heterocycles. The molecule has 0 saturated heterocycles. The quantitative estimate of drug-likeness (QED) is 0.861. The molecule has 0 radical (unpaired) electrons. The van der Waals surface area contributed by atoms with Crippen LogP contribution >= 0.6 is 11.6 Å². The van der Waals surface area contributed by atoms with E-state index in [-0.39, 0.29) is 10.8 Å². The van der Waals surface area contributed by atoms with Crippen molar-refractivity contribution < 1.29 is 4.79 Å². The summed E-state index contributed by atoms with van der Waals surface area (Å²) in [6.45, 7) is 2.92. The molecule has 2 saturated carbocycles. The van der Waals surface area contributed by atoms with Crippen LogP contribution in [-0.4, -0.2) is 20.5 Å². The third-order valence-corrected chi connectivity index (χ3v) is 6.39. The summed E-state index contributed by atoms with van der Waals surface area (Å²) in [4.78, 5) is 16.8. The normalized spacial score (nSPS) is 32.6. The maximum Gasteiger partial charge on any atom is 0.142 e. The van der Waals surface area contributed by atoms with Crippen LogP contribution in [0.1, 0.15) is 31.7 Å². The number of carbonyl (C=O) groups excluding carboxylic acids is 1. The van der Waals surface area contributed by atoms with E-state index in [1.807, 2.05) is 16.8 Å². The fourth-order valence-electron chi connectivity index (χ4n) is 4.83. The first-order valence-corrected chi connectivity index (χ1v) is 8.51. The highest BCUT2D eigenvalue weighted by atomic mass is 35.5. The van der Waals surface area contributed by atoms with Crippen molar-refractivity contribution in [2.24, 2.45) is 16.7 Å². The molecule has 0 amide bonds. The van der Waals surface area contributed by atoms with Gasteiger partial charge in [0.15, 0.2) is 0 Å². The van der Waals surface area contributed by atoms with Gasteiger partial charge in [-0.15, -0.1) is 0 Å². The first-order chi connectivity index (χ1) is 11.0. The lowest BCUT2D eigenvalue weighted by atomic mass is 9.48. The number of hydrogen-bond donors (Lipinski definition) is 0. The Morgan fingerprint density at radius 1 is 1.35 bits per heavy atom. The minimum absolute atomic E-state index is 0.104. The first kappa shape index (κ1) is 14.9. The van der Waals surface area contributed by atoms with E-state index in [9.17, 15) is 4.79 Å². The largest absolute Gasteiger partial charge is 0.299 e. The van der Waals surface area contributed by atoms with Gasteiger partial charge in [-0.1, -0.05) is 30.7 Å². The van der Waals surface area contributed by atoms with Crippen molar-refractivity contribution in [1.29, 1.82) is 0 Å². The van der Waals surface area contributed by atoms with Gasteiger partial charge < -0.3 is 0 Å². The van der Waals surface area contributed by atoms with Gasteiger partial charge in [0.05, 0.1) is 12.0 Å². The van der Waals surface area contributed by atoms with Crippen LogP contribution < -0.4 is 0 Å². The van der Waals surface area contributed by atoms with Crippen LogP contribution in [0.5, 0.6) is 0 Å². The summed E-state index contributed by atoms with van der Waals surface area (Å²) in [5.41, 5.74) is 1.06. The van der Waals surface area contributed by atoms with Crippen molar-refractivity contribution in [3.8, 4) is 0 Å². The number of halogens is 1. The summed E-state index contributed by atoms with van der Waals surface area (Å²) in [6, 6.07) is 8.00. The van der Waals surface area contributed by atoms with Crippen LogP contribution in [0, 0.1) is 16.7 Å². The van der Waals surface area contributed by atoms with Gasteiger partial charge in [-0.25, -0.2) is 4.98 Å². The van der Waals surface area contributed by atoms with Crippen molar-refractivity contribution in [2.45, 2.75) is 39.2 Å². The van der Waals surface area contributed by atoms with E-state index in [2.05, 4.69) is 29.1 Å². The fourth-order valence-corrected chi connectivity index (χ4v) is 4.96. The third kappa shape index (κ3) is 2.15. The van der Waals surface area contributed by atoms with Gasteiger partial charge in [0.25, 0.3) is 0 Å². The van der Waals surface area contributed by atoms with E-state index in [0.29, 0.717) is 24.7 Å². The molecule has 5 heteroatoms. The zero-order chi connectivity index (χ0) is 16.1. The smallest absolute Gasteiger partial charge is 0.142 e. The summed E-state index contributed by atoms with van der Waals surface area (Å²) < 4.78 is 1.83. The number of fused-ring (bicyclic) bond motifs is 1. The van der Waals surface area contributed by atoms with Gasteiger partial charge in [-0.3, -0.25) is 9.48 Å². The minimum Gasteiger partial charge on any atom is -0.299 e. The van der Waals surface area contributed by atoms with Gasteiger partial charge in [0, 0.05) is 11.4 Å². The molecule has 2 aliphatic rings. The molecular formula is C18H20ClN3O. The number of carbonyl (C=O) groups is 1. The van der Waals surface area contributed by atoms with Crippen LogP contribution in [0.25, 0.3) is 0 Å². The van der Waals surface area contributed by atoms with E-state index in [0.717, 1.165) is 24.3 Å². The first-order valence-electron chi connectivity index (χ1n) is 8.14. The topological polar surface area (TPSA) is 47.8 Å². The summed E-state index contributed by atoms with van der Waals surface area (Å²) in [6.07, 6.45) is 7.11. The number of benzene rings is 1. The number of ketones is 1. The molecule has 1 aromatic carbocycles. The van der Waals surface area contributed by atoms with Crippen LogP contribution in [-0.2, 0) is 17.8 Å². The van der Waals surface area contributed by atoms with Crippen LogP contribution in [0.2, 0.25) is 5.02 Å². The Bertz CT molecular complexity index is 727. The van der Waals surface area contributed by atoms with E-state index >= 15 is 0 Å². The van der Waals surface area contributed by atoms with Crippen molar-refractivity contribution in [1.82, 2.24) is 14.8 Å². The van der Waals surface area contributed by atoms with Gasteiger partial charge in [0.2, 0.25) is 0 Å². The second-order valence-corrected chi connectivity index (χ2v) is 7.73. The maximum absolute atomic E-state index is 12.7. The molecular weight excluding hydrogens is 310 g/mol. The molecule has 0 spiro atoms. The Balaban J connectivity index is 1.65. The number of rotatable bonds is 4. The molecule has 0 bridgehead atoms. The predicted molar refractivity (Wildman–Crippen MR) is 88.1 cm³/mol. The van der Waals surface area contributed by atoms with Crippen LogP contribution in [0.15, 0.2) is 36.9 Å². The maximum atomic E-state index is 12.7. The van der Waals surface area contributed by atoms with E-state index in [4.69, 9.17) is 11.6 Å². The number of hydrogen-bond acceptors (Lipinski definition) is 3. The molecule has 4 nitrogen and oxygen atoms in total. The Hall–Kier alpha value is -1.68. The summed E-state index contributed by atoms with van der Waals surface area (Å²) >= 11 is 5.99. The highest BCUT2D eigenvalue weighted by Gasteiger charge is 2.69. The number of aromatic nitrogens is 3. The second-order valence-electron chi connectivity index (χ2n) is 7.29. The average Bonchev–Trinajstić information content (AvgIpc) is 3.10. The van der Waals surface area contributed by atoms with Crippen molar-refractivity contribution in [2.75, 3.05) is 0 Å². The van der Waals surface area contributed by atoms with E-state index < -0.39 is 0 Å². The molecule has 0 aliphatic heterocycles. The molecule has 0 N–H and O–H groups in total. The standard InChI is InChI=1S/C18H20ClN3O/c1-17-7-6-14(8-13-2-4-15(19)5-3-13)18(17,16(23)9-17)10-22-12-20-11-21-22/h2-5,11-12,14H,6-10H2,1H3. The second kappa shape index (κ2) is 5.17. The highest BCUT2D eigenvalue weighted by Crippen LogP contribution is 2.67. The molecule has 2 aliphatic carbocycles. The van der Waals surface area contributed by atoms with Crippen LogP contribution in [0.3, 0.4) is 0 Å². The Morgan fingerprint density at radius 2 is 2.13 bits per heavy atom. The molecule has 3 atom stereocenters. The SMILES string of the molecule is CC12CCC(Cc3ccc(Cl)cc3)C1(Cn1cncn1)C(=O)C2. The average molecular weight is 330 g/mol. The Morgan fingerprint density at radius 3 is 2.78 bits per heavy atom. The summed E-state index contributed by atoms with van der Waals surface area (Å²) in [5, 5.41) is 5.00. The molecule has 2 fully saturated rings. The molecule has 120 valence electrons. The van der Waals surface area contributed by atoms with Gasteiger partial charge in [-0.2, -0.15) is 5.10 Å². The van der Waals surface area contributed by atoms with E-state index in [1.54, 1.807) is 12.7 Å². The van der Waals surface area contributed by atoms with Crippen LogP contribution in [0.4, 0.5) is 0 Å². The zero-order valence-corrected chi connectivity index (χ0v) is 14.0. The summed E-state index contributed by atoms with van der Waals surface area (Å²) in [5.74, 6) is 0.756. The fraction of sp³-hybridized carbons (Fsp3) is 0.500. The third-order valence-electron chi connectivity index (χ3n) is 6.14. The predicted octanol–water partition coefficient (Wildman–Crippen LogP) is 3.55. The lowest BCUT2D eigenvalue weighted by Crippen LogP contribution is -2.59. The molecule has 23 heavy (non-hydrogen) atoms. The highest BCUT2D eigenvalue weighted by molar-refractivity contribution is 6.30. The molecule has 3 unspecified atom stereocenters. The van der Waals surface area contributed by atoms with E-state index in [1.165, 1.54) is 5.56 Å². The molecule has 1 heterocycles.